The third kappa shape index (κ3) is 4.14. The van der Waals surface area contributed by atoms with Crippen LogP contribution in [0.3, 0.4) is 0 Å². The molecule has 1 aliphatic carbocycles. The molecular formula is C19H24F3NO3. The molecule has 144 valence electrons. The summed E-state index contributed by atoms with van der Waals surface area (Å²) in [4.78, 5) is 13.8. The lowest BCUT2D eigenvalue weighted by Crippen LogP contribution is -2.45. The number of carbonyl (C=O) groups is 1. The molecule has 26 heavy (non-hydrogen) atoms. The maximum Gasteiger partial charge on any atom is 0.422 e. The predicted octanol–water partition coefficient (Wildman–Crippen LogP) is 3.72. The monoisotopic (exact) mass is 371 g/mol. The molecule has 1 aliphatic heterocycles. The smallest absolute Gasteiger partial charge is 0.422 e. The van der Waals surface area contributed by atoms with E-state index in [0.29, 0.717) is 12.8 Å². The van der Waals surface area contributed by atoms with Gasteiger partial charge in [-0.15, -0.1) is 0 Å². The SMILES string of the molecule is CC(=O)C1(O)CCC2(CCN(c3ccc(OCC(F)(F)F)cc3)C2)CC1. The Labute approximate surface area is 150 Å². The quantitative estimate of drug-likeness (QED) is 0.877. The lowest BCUT2D eigenvalue weighted by Gasteiger charge is -2.40. The molecule has 1 aromatic rings. The van der Waals surface area contributed by atoms with Crippen LogP contribution in [0.1, 0.15) is 39.0 Å². The number of carbonyl (C=O) groups excluding carboxylic acids is 1. The predicted molar refractivity (Wildman–Crippen MR) is 91.4 cm³/mol. The van der Waals surface area contributed by atoms with E-state index in [2.05, 4.69) is 4.90 Å². The van der Waals surface area contributed by atoms with E-state index >= 15 is 0 Å². The van der Waals surface area contributed by atoms with Gasteiger partial charge in [-0.25, -0.2) is 0 Å². The highest BCUT2D eigenvalue weighted by atomic mass is 19.4. The van der Waals surface area contributed by atoms with E-state index in [1.165, 1.54) is 6.92 Å². The van der Waals surface area contributed by atoms with Crippen LogP contribution < -0.4 is 9.64 Å². The minimum Gasteiger partial charge on any atom is -0.484 e. The third-order valence-electron chi connectivity index (χ3n) is 5.84. The van der Waals surface area contributed by atoms with E-state index < -0.39 is 18.4 Å². The normalized spacial score (nSPS) is 29.2. The fraction of sp³-hybridized carbons (Fsp3) is 0.632. The van der Waals surface area contributed by atoms with Gasteiger partial charge in [0.25, 0.3) is 0 Å². The zero-order valence-corrected chi connectivity index (χ0v) is 14.8. The Balaban J connectivity index is 1.58. The molecule has 4 nitrogen and oxygen atoms in total. The first-order valence-corrected chi connectivity index (χ1v) is 8.89. The molecule has 0 unspecified atom stereocenters. The summed E-state index contributed by atoms with van der Waals surface area (Å²) in [6, 6.07) is 6.67. The number of ether oxygens (including phenoxy) is 1. The van der Waals surface area contributed by atoms with Crippen LogP contribution in [-0.2, 0) is 4.79 Å². The summed E-state index contributed by atoms with van der Waals surface area (Å²) in [5.74, 6) is 0.0424. The van der Waals surface area contributed by atoms with Crippen molar-refractivity contribution >= 4 is 11.5 Å². The summed E-state index contributed by atoms with van der Waals surface area (Å²) >= 11 is 0. The van der Waals surface area contributed by atoms with Crippen molar-refractivity contribution < 1.29 is 27.8 Å². The number of Topliss-reactive ketones (excluding diaryl/α,β-unsaturated/α-hetero) is 1. The molecule has 0 aromatic heterocycles. The summed E-state index contributed by atoms with van der Waals surface area (Å²) in [5.41, 5.74) is -0.114. The van der Waals surface area contributed by atoms with Crippen LogP contribution in [0.25, 0.3) is 0 Å². The Morgan fingerprint density at radius 3 is 2.31 bits per heavy atom. The number of nitrogens with zero attached hydrogens (tertiary/aromatic N) is 1. The second-order valence-corrected chi connectivity index (χ2v) is 7.66. The van der Waals surface area contributed by atoms with Crippen molar-refractivity contribution in [2.75, 3.05) is 24.6 Å². The average Bonchev–Trinajstić information content (AvgIpc) is 3.00. The highest BCUT2D eigenvalue weighted by molar-refractivity contribution is 5.84. The van der Waals surface area contributed by atoms with Crippen molar-refractivity contribution in [2.24, 2.45) is 5.41 Å². The minimum atomic E-state index is -4.34. The first-order valence-electron chi connectivity index (χ1n) is 8.89. The van der Waals surface area contributed by atoms with Gasteiger partial charge in [0.05, 0.1) is 0 Å². The molecule has 1 N–H and O–H groups in total. The Bertz CT molecular complexity index is 649. The summed E-state index contributed by atoms with van der Waals surface area (Å²) in [6.45, 7) is 1.85. The van der Waals surface area contributed by atoms with Crippen molar-refractivity contribution in [3.8, 4) is 5.75 Å². The molecule has 1 saturated heterocycles. The van der Waals surface area contributed by atoms with Gasteiger partial charge in [0.2, 0.25) is 0 Å². The third-order valence-corrected chi connectivity index (χ3v) is 5.84. The van der Waals surface area contributed by atoms with Crippen molar-refractivity contribution in [1.82, 2.24) is 0 Å². The zero-order chi connectivity index (χ0) is 19.0. The van der Waals surface area contributed by atoms with Crippen LogP contribution in [0, 0.1) is 5.41 Å². The fourth-order valence-corrected chi connectivity index (χ4v) is 4.03. The number of hydrogen-bond acceptors (Lipinski definition) is 4. The second kappa shape index (κ2) is 6.76. The van der Waals surface area contributed by atoms with E-state index in [0.717, 1.165) is 38.0 Å². The molecule has 0 radical (unpaired) electrons. The topological polar surface area (TPSA) is 49.8 Å². The number of alkyl halides is 3. The fourth-order valence-electron chi connectivity index (χ4n) is 4.03. The number of anilines is 1. The van der Waals surface area contributed by atoms with E-state index in [4.69, 9.17) is 4.74 Å². The van der Waals surface area contributed by atoms with Crippen LogP contribution in [0.2, 0.25) is 0 Å². The number of rotatable bonds is 4. The van der Waals surface area contributed by atoms with Crippen LogP contribution >= 0.6 is 0 Å². The lowest BCUT2D eigenvalue weighted by atomic mass is 9.67. The maximum absolute atomic E-state index is 12.2. The summed E-state index contributed by atoms with van der Waals surface area (Å²) in [6.07, 6.45) is -0.727. The van der Waals surface area contributed by atoms with Gasteiger partial charge in [-0.1, -0.05) is 0 Å². The summed E-state index contributed by atoms with van der Waals surface area (Å²) < 4.78 is 41.3. The van der Waals surface area contributed by atoms with Gasteiger partial charge in [0.15, 0.2) is 12.4 Å². The van der Waals surface area contributed by atoms with Crippen LogP contribution in [0.5, 0.6) is 5.75 Å². The van der Waals surface area contributed by atoms with Gasteiger partial charge >= 0.3 is 6.18 Å². The van der Waals surface area contributed by atoms with Gasteiger partial charge in [0.1, 0.15) is 11.4 Å². The van der Waals surface area contributed by atoms with Crippen LogP contribution in [-0.4, -0.2) is 42.4 Å². The Kier molecular flexibility index (Phi) is 4.94. The van der Waals surface area contributed by atoms with Crippen LogP contribution in [0.15, 0.2) is 24.3 Å². The maximum atomic E-state index is 12.2. The first-order chi connectivity index (χ1) is 12.1. The summed E-state index contributed by atoms with van der Waals surface area (Å²) in [7, 11) is 0. The lowest BCUT2D eigenvalue weighted by molar-refractivity contribution is -0.153. The molecular weight excluding hydrogens is 347 g/mol. The van der Waals surface area contributed by atoms with E-state index in [9.17, 15) is 23.1 Å². The average molecular weight is 371 g/mol. The molecule has 2 aliphatic rings. The minimum absolute atomic E-state index is 0.104. The van der Waals surface area contributed by atoms with Crippen molar-refractivity contribution in [3.63, 3.8) is 0 Å². The Morgan fingerprint density at radius 2 is 1.77 bits per heavy atom. The van der Waals surface area contributed by atoms with Gasteiger partial charge in [-0.2, -0.15) is 13.2 Å². The molecule has 0 bridgehead atoms. The highest BCUT2D eigenvalue weighted by Gasteiger charge is 2.47. The zero-order valence-electron chi connectivity index (χ0n) is 14.8. The molecule has 1 saturated carbocycles. The number of aliphatic hydroxyl groups is 1. The Hall–Kier alpha value is -1.76. The van der Waals surface area contributed by atoms with Gasteiger partial charge in [-0.05, 0) is 68.7 Å². The summed E-state index contributed by atoms with van der Waals surface area (Å²) in [5, 5.41) is 10.4. The van der Waals surface area contributed by atoms with Gasteiger partial charge < -0.3 is 14.7 Å². The van der Waals surface area contributed by atoms with Crippen molar-refractivity contribution in [3.05, 3.63) is 24.3 Å². The molecule has 3 rings (SSSR count). The van der Waals surface area contributed by atoms with Crippen molar-refractivity contribution in [1.29, 1.82) is 0 Å². The van der Waals surface area contributed by atoms with Gasteiger partial charge in [-0.3, -0.25) is 4.79 Å². The number of halogens is 3. The molecule has 0 atom stereocenters. The van der Waals surface area contributed by atoms with E-state index in [-0.39, 0.29) is 16.9 Å². The first kappa shape index (κ1) is 19.0. The molecule has 1 spiro atoms. The highest BCUT2D eigenvalue weighted by Crippen LogP contribution is 2.48. The molecule has 2 fully saturated rings. The number of ketones is 1. The Morgan fingerprint density at radius 1 is 1.15 bits per heavy atom. The molecule has 7 heteroatoms. The van der Waals surface area contributed by atoms with E-state index in [1.54, 1.807) is 24.3 Å². The molecule has 1 heterocycles. The van der Waals surface area contributed by atoms with E-state index in [1.807, 2.05) is 0 Å². The van der Waals surface area contributed by atoms with Gasteiger partial charge in [0, 0.05) is 18.8 Å². The largest absolute Gasteiger partial charge is 0.484 e. The number of hydrogen-bond donors (Lipinski definition) is 1. The standard InChI is InChI=1S/C19H24F3NO3/c1-14(24)18(25)8-6-17(7-9-18)10-11-23(12-17)15-2-4-16(5-3-15)26-13-19(20,21)22/h2-5,25H,6-13H2,1H3. The molecule has 0 amide bonds. The second-order valence-electron chi connectivity index (χ2n) is 7.66. The molecule has 1 aromatic carbocycles. The van der Waals surface area contributed by atoms with Crippen LogP contribution in [0.4, 0.5) is 18.9 Å². The number of benzene rings is 1. The van der Waals surface area contributed by atoms with Crippen molar-refractivity contribution in [2.45, 2.75) is 50.8 Å².